The van der Waals surface area contributed by atoms with E-state index in [1.54, 1.807) is 48.5 Å². The van der Waals surface area contributed by atoms with Crippen molar-refractivity contribution in [3.63, 3.8) is 0 Å². The summed E-state index contributed by atoms with van der Waals surface area (Å²) in [5.74, 6) is -1.35. The Kier molecular flexibility index (Phi) is 6.35. The van der Waals surface area contributed by atoms with Crippen molar-refractivity contribution in [2.45, 2.75) is 0 Å². The van der Waals surface area contributed by atoms with E-state index in [1.165, 1.54) is 13.2 Å². The molecule has 0 atom stereocenters. The maximum absolute atomic E-state index is 13.0. The van der Waals surface area contributed by atoms with Gasteiger partial charge in [0.2, 0.25) is 0 Å². The lowest BCUT2D eigenvalue weighted by Crippen LogP contribution is -2.32. The highest BCUT2D eigenvalue weighted by atomic mass is 35.5. The molecule has 0 bridgehead atoms. The third-order valence-corrected chi connectivity index (χ3v) is 5.44. The Morgan fingerprint density at radius 1 is 0.879 bits per heavy atom. The summed E-state index contributed by atoms with van der Waals surface area (Å²) in [6.07, 6.45) is 0. The van der Waals surface area contributed by atoms with Crippen LogP contribution in [-0.2, 0) is 9.59 Å². The molecule has 0 radical (unpaired) electrons. The zero-order valence-electron chi connectivity index (χ0n) is 17.3. The van der Waals surface area contributed by atoms with Gasteiger partial charge in [-0.1, -0.05) is 41.4 Å². The molecule has 33 heavy (non-hydrogen) atoms. The Morgan fingerprint density at radius 3 is 2.24 bits per heavy atom. The smallest absolute Gasteiger partial charge is 0.283 e. The van der Waals surface area contributed by atoms with Crippen LogP contribution in [-0.4, -0.2) is 24.8 Å². The summed E-state index contributed by atoms with van der Waals surface area (Å²) in [4.78, 5) is 39.1. The number of imide groups is 1. The molecule has 0 fully saturated rings. The van der Waals surface area contributed by atoms with Crippen LogP contribution in [0.1, 0.15) is 10.4 Å². The van der Waals surface area contributed by atoms with Crippen molar-refractivity contribution in [2.24, 2.45) is 0 Å². The summed E-state index contributed by atoms with van der Waals surface area (Å²) in [5.41, 5.74) is 1.66. The first-order valence-corrected chi connectivity index (χ1v) is 10.5. The molecule has 0 unspecified atom stereocenters. The second-order valence-electron chi connectivity index (χ2n) is 6.97. The number of amides is 3. The van der Waals surface area contributed by atoms with Gasteiger partial charge < -0.3 is 15.4 Å². The van der Waals surface area contributed by atoms with E-state index < -0.39 is 11.8 Å². The van der Waals surface area contributed by atoms with Crippen molar-refractivity contribution >= 4 is 58.0 Å². The van der Waals surface area contributed by atoms with Gasteiger partial charge in [-0.2, -0.15) is 0 Å². The van der Waals surface area contributed by atoms with Gasteiger partial charge in [0, 0.05) is 22.0 Å². The maximum atomic E-state index is 13.0. The van der Waals surface area contributed by atoms with Crippen LogP contribution in [0.4, 0.5) is 17.1 Å². The largest absolute Gasteiger partial charge is 0.495 e. The van der Waals surface area contributed by atoms with E-state index in [0.29, 0.717) is 27.7 Å². The summed E-state index contributed by atoms with van der Waals surface area (Å²) in [5, 5.41) is 5.72. The summed E-state index contributed by atoms with van der Waals surface area (Å²) < 4.78 is 5.25. The Bertz CT molecular complexity index is 1270. The summed E-state index contributed by atoms with van der Waals surface area (Å²) >= 11 is 12.2. The Hall–Kier alpha value is -3.81. The van der Waals surface area contributed by atoms with Gasteiger partial charge in [-0.25, -0.2) is 4.90 Å². The van der Waals surface area contributed by atoms with Crippen LogP contribution < -0.4 is 20.3 Å². The van der Waals surface area contributed by atoms with Crippen LogP contribution in [0.15, 0.2) is 83.5 Å². The van der Waals surface area contributed by atoms with Gasteiger partial charge in [-0.05, 0) is 54.6 Å². The molecule has 3 amide bonds. The standard InChI is InChI=1S/C24H17Cl2N3O4/c1-33-19-12-9-15(25)13-18(19)29-23(31)20(26)21(24(29)32)27-17-10-7-14(8-11-17)22(30)28-16-5-3-2-4-6-16/h2-13,27H,1H3,(H,28,30). The Balaban J connectivity index is 1.52. The highest BCUT2D eigenvalue weighted by Gasteiger charge is 2.40. The van der Waals surface area contributed by atoms with Gasteiger partial charge >= 0.3 is 0 Å². The van der Waals surface area contributed by atoms with Crippen molar-refractivity contribution in [2.75, 3.05) is 22.6 Å². The molecule has 0 aromatic heterocycles. The first-order chi connectivity index (χ1) is 15.9. The molecule has 1 aliphatic rings. The molecule has 3 aromatic carbocycles. The van der Waals surface area contributed by atoms with Crippen molar-refractivity contribution in [1.82, 2.24) is 0 Å². The number of methoxy groups -OCH3 is 1. The molecule has 0 saturated carbocycles. The molecule has 1 aliphatic heterocycles. The van der Waals surface area contributed by atoms with Crippen LogP contribution in [0.5, 0.6) is 5.75 Å². The van der Waals surface area contributed by atoms with Crippen LogP contribution >= 0.6 is 23.2 Å². The van der Waals surface area contributed by atoms with Crippen molar-refractivity contribution < 1.29 is 19.1 Å². The number of carbonyl (C=O) groups excluding carboxylic acids is 3. The molecule has 0 aliphatic carbocycles. The molecule has 0 saturated heterocycles. The number of anilines is 3. The van der Waals surface area contributed by atoms with E-state index in [1.807, 2.05) is 18.2 Å². The second kappa shape index (κ2) is 9.36. The fraction of sp³-hybridized carbons (Fsp3) is 0.0417. The van der Waals surface area contributed by atoms with Crippen molar-refractivity contribution in [3.05, 3.63) is 94.1 Å². The zero-order chi connectivity index (χ0) is 23.5. The topological polar surface area (TPSA) is 87.7 Å². The second-order valence-corrected chi connectivity index (χ2v) is 7.79. The van der Waals surface area contributed by atoms with E-state index in [9.17, 15) is 14.4 Å². The molecular formula is C24H17Cl2N3O4. The number of ether oxygens (including phenoxy) is 1. The SMILES string of the molecule is COc1ccc(Cl)cc1N1C(=O)C(Cl)=C(Nc2ccc(C(=O)Nc3ccccc3)cc2)C1=O. The fourth-order valence-electron chi connectivity index (χ4n) is 3.24. The maximum Gasteiger partial charge on any atom is 0.283 e. The van der Waals surface area contributed by atoms with Crippen LogP contribution in [0.25, 0.3) is 0 Å². The highest BCUT2D eigenvalue weighted by molar-refractivity contribution is 6.53. The molecule has 3 aromatic rings. The third kappa shape index (κ3) is 4.55. The lowest BCUT2D eigenvalue weighted by atomic mass is 10.2. The lowest BCUT2D eigenvalue weighted by molar-refractivity contribution is -0.120. The number of carbonyl (C=O) groups is 3. The van der Waals surface area contributed by atoms with Gasteiger partial charge in [0.15, 0.2) is 0 Å². The molecule has 7 nitrogen and oxygen atoms in total. The molecule has 1 heterocycles. The van der Waals surface area contributed by atoms with Gasteiger partial charge in [0.1, 0.15) is 16.5 Å². The van der Waals surface area contributed by atoms with E-state index in [4.69, 9.17) is 27.9 Å². The van der Waals surface area contributed by atoms with E-state index >= 15 is 0 Å². The molecule has 2 N–H and O–H groups in total. The molecule has 9 heteroatoms. The Morgan fingerprint density at radius 2 is 1.58 bits per heavy atom. The third-order valence-electron chi connectivity index (χ3n) is 4.86. The number of rotatable bonds is 6. The van der Waals surface area contributed by atoms with Crippen LogP contribution in [0.3, 0.4) is 0 Å². The first-order valence-electron chi connectivity index (χ1n) is 9.74. The Labute approximate surface area is 199 Å². The fourth-order valence-corrected chi connectivity index (χ4v) is 3.62. The number of hydrogen-bond donors (Lipinski definition) is 2. The summed E-state index contributed by atoms with van der Waals surface area (Å²) in [7, 11) is 1.42. The molecule has 166 valence electrons. The minimum absolute atomic E-state index is 0.0924. The van der Waals surface area contributed by atoms with Crippen LogP contribution in [0.2, 0.25) is 5.02 Å². The minimum atomic E-state index is -0.705. The normalized spacial score (nSPS) is 13.4. The number of hydrogen-bond acceptors (Lipinski definition) is 5. The lowest BCUT2D eigenvalue weighted by Gasteiger charge is -2.18. The average Bonchev–Trinajstić information content (AvgIpc) is 3.03. The van der Waals surface area contributed by atoms with Crippen molar-refractivity contribution in [3.8, 4) is 5.75 Å². The number of benzene rings is 3. The van der Waals surface area contributed by atoms with Gasteiger partial charge in [-0.15, -0.1) is 0 Å². The summed E-state index contributed by atoms with van der Waals surface area (Å²) in [6.45, 7) is 0. The van der Waals surface area contributed by atoms with Gasteiger partial charge in [-0.3, -0.25) is 14.4 Å². The number of nitrogens with one attached hydrogen (secondary N) is 2. The molecule has 0 spiro atoms. The minimum Gasteiger partial charge on any atom is -0.495 e. The predicted molar refractivity (Wildman–Crippen MR) is 128 cm³/mol. The van der Waals surface area contributed by atoms with Crippen molar-refractivity contribution in [1.29, 1.82) is 0 Å². The predicted octanol–water partition coefficient (Wildman–Crippen LogP) is 5.04. The summed E-state index contributed by atoms with van der Waals surface area (Å²) in [6, 6.07) is 20.0. The number of halogens is 2. The highest BCUT2D eigenvalue weighted by Crippen LogP contribution is 2.37. The van der Waals surface area contributed by atoms with Gasteiger partial charge in [0.25, 0.3) is 17.7 Å². The van der Waals surface area contributed by atoms with E-state index in [2.05, 4.69) is 10.6 Å². The quantitative estimate of drug-likeness (QED) is 0.481. The van der Waals surface area contributed by atoms with E-state index in [-0.39, 0.29) is 22.3 Å². The first kappa shape index (κ1) is 22.4. The monoisotopic (exact) mass is 481 g/mol. The number of para-hydroxylation sites is 1. The average molecular weight is 482 g/mol. The molecular weight excluding hydrogens is 465 g/mol. The number of nitrogens with zero attached hydrogens (tertiary/aromatic N) is 1. The van der Waals surface area contributed by atoms with E-state index in [0.717, 1.165) is 4.90 Å². The molecule has 4 rings (SSSR count). The zero-order valence-corrected chi connectivity index (χ0v) is 18.8. The van der Waals surface area contributed by atoms with Gasteiger partial charge in [0.05, 0.1) is 12.8 Å². The van der Waals surface area contributed by atoms with Crippen LogP contribution in [0, 0.1) is 0 Å².